The highest BCUT2D eigenvalue weighted by molar-refractivity contribution is 5.86. The molecule has 0 aromatic carbocycles. The number of rotatable bonds is 6. The molecule has 0 heterocycles. The summed E-state index contributed by atoms with van der Waals surface area (Å²) >= 11 is 0. The first-order valence-corrected chi connectivity index (χ1v) is 6.43. The molecule has 1 fully saturated rings. The van der Waals surface area contributed by atoms with E-state index < -0.39 is 11.6 Å². The fourth-order valence-corrected chi connectivity index (χ4v) is 2.27. The number of hydrogen-bond donors (Lipinski definition) is 3. The van der Waals surface area contributed by atoms with Gasteiger partial charge in [0, 0.05) is 18.7 Å². The molecule has 0 bridgehead atoms. The highest BCUT2D eigenvalue weighted by Crippen LogP contribution is 2.27. The summed E-state index contributed by atoms with van der Waals surface area (Å²) in [5.41, 5.74) is -0.157. The summed E-state index contributed by atoms with van der Waals surface area (Å²) in [5, 5.41) is 22.2. The van der Waals surface area contributed by atoms with Crippen molar-refractivity contribution in [3.8, 4) is 0 Å². The van der Waals surface area contributed by atoms with Gasteiger partial charge in [0.1, 0.15) is 0 Å². The molecule has 4 heteroatoms. The third-order valence-corrected chi connectivity index (χ3v) is 3.39. The third-order valence-electron chi connectivity index (χ3n) is 3.39. The number of nitrogens with one attached hydrogen (secondary N) is 1. The Hall–Kier alpha value is -0.870. The Balaban J connectivity index is 2.29. The largest absolute Gasteiger partial charge is 0.478 e. The van der Waals surface area contributed by atoms with Gasteiger partial charge in [-0.2, -0.15) is 0 Å². The zero-order valence-corrected chi connectivity index (χ0v) is 10.5. The minimum atomic E-state index is -0.856. The lowest BCUT2D eigenvalue weighted by Gasteiger charge is -2.32. The topological polar surface area (TPSA) is 69.6 Å². The van der Waals surface area contributed by atoms with Crippen molar-refractivity contribution in [1.29, 1.82) is 0 Å². The van der Waals surface area contributed by atoms with Crippen molar-refractivity contribution >= 4 is 5.97 Å². The van der Waals surface area contributed by atoms with Crippen LogP contribution in [-0.2, 0) is 4.79 Å². The van der Waals surface area contributed by atoms with Crippen LogP contribution in [-0.4, -0.2) is 34.9 Å². The zero-order chi connectivity index (χ0) is 12.7. The number of carbonyl (C=O) groups is 1. The molecule has 0 aromatic rings. The summed E-state index contributed by atoms with van der Waals surface area (Å²) in [6, 6.07) is 0. The van der Waals surface area contributed by atoms with Gasteiger partial charge in [0.25, 0.3) is 0 Å². The predicted octanol–water partition coefficient (Wildman–Crippen LogP) is 1.69. The second-order valence-electron chi connectivity index (χ2n) is 4.80. The van der Waals surface area contributed by atoms with Crippen molar-refractivity contribution in [2.75, 3.05) is 13.1 Å². The average molecular weight is 241 g/mol. The minimum Gasteiger partial charge on any atom is -0.478 e. The molecule has 1 aliphatic carbocycles. The van der Waals surface area contributed by atoms with Crippen molar-refractivity contribution in [3.05, 3.63) is 11.6 Å². The van der Waals surface area contributed by atoms with E-state index in [1.165, 1.54) is 6.42 Å². The molecule has 0 saturated heterocycles. The molecule has 3 N–H and O–H groups in total. The fourth-order valence-electron chi connectivity index (χ4n) is 2.27. The van der Waals surface area contributed by atoms with Crippen molar-refractivity contribution in [1.82, 2.24) is 5.32 Å². The number of carboxylic acid groups (broad SMARTS) is 1. The summed E-state index contributed by atoms with van der Waals surface area (Å²) < 4.78 is 0. The first kappa shape index (κ1) is 14.2. The molecule has 0 unspecified atom stereocenters. The maximum Gasteiger partial charge on any atom is 0.331 e. The standard InChI is InChI=1S/C13H23NO3/c1-2-11(12(15)16)6-9-14-10-13(17)7-4-3-5-8-13/h6,14,17H,2-5,7-10H2,1H3,(H,15,16). The van der Waals surface area contributed by atoms with Crippen LogP contribution in [0.2, 0.25) is 0 Å². The maximum atomic E-state index is 10.7. The first-order valence-electron chi connectivity index (χ1n) is 6.43. The molecule has 0 radical (unpaired) electrons. The van der Waals surface area contributed by atoms with Crippen LogP contribution < -0.4 is 5.32 Å². The average Bonchev–Trinajstić information content (AvgIpc) is 2.29. The number of carboxylic acids is 1. The summed E-state index contributed by atoms with van der Waals surface area (Å²) in [6.07, 6.45) is 7.30. The van der Waals surface area contributed by atoms with Crippen LogP contribution in [0.25, 0.3) is 0 Å². The van der Waals surface area contributed by atoms with Gasteiger partial charge in [0.2, 0.25) is 0 Å². The smallest absolute Gasteiger partial charge is 0.331 e. The molecule has 4 nitrogen and oxygen atoms in total. The Bertz CT molecular complexity index is 280. The summed E-state index contributed by atoms with van der Waals surface area (Å²) in [6.45, 7) is 2.90. The molecule has 0 aliphatic heterocycles. The quantitative estimate of drug-likeness (QED) is 0.489. The second kappa shape index (κ2) is 6.77. The van der Waals surface area contributed by atoms with Crippen molar-refractivity contribution in [2.45, 2.75) is 51.0 Å². The fraction of sp³-hybridized carbons (Fsp3) is 0.769. The number of aliphatic carboxylic acids is 1. The van der Waals surface area contributed by atoms with Gasteiger partial charge in [-0.05, 0) is 19.3 Å². The van der Waals surface area contributed by atoms with Crippen LogP contribution in [0.3, 0.4) is 0 Å². The lowest BCUT2D eigenvalue weighted by molar-refractivity contribution is -0.132. The Kier molecular flexibility index (Phi) is 5.65. The van der Waals surface area contributed by atoms with Crippen LogP contribution >= 0.6 is 0 Å². The number of aliphatic hydroxyl groups is 1. The molecular weight excluding hydrogens is 218 g/mol. The van der Waals surface area contributed by atoms with Gasteiger partial charge in [0.05, 0.1) is 5.60 Å². The number of hydrogen-bond acceptors (Lipinski definition) is 3. The first-order chi connectivity index (χ1) is 8.07. The van der Waals surface area contributed by atoms with Crippen LogP contribution in [0.1, 0.15) is 45.4 Å². The normalized spacial score (nSPS) is 20.2. The maximum absolute atomic E-state index is 10.7. The molecule has 0 spiro atoms. The van der Waals surface area contributed by atoms with Gasteiger partial charge in [-0.3, -0.25) is 0 Å². The van der Waals surface area contributed by atoms with Gasteiger partial charge in [-0.25, -0.2) is 4.79 Å². The molecule has 98 valence electrons. The van der Waals surface area contributed by atoms with E-state index in [0.717, 1.165) is 25.7 Å². The molecule has 1 aliphatic rings. The Morgan fingerprint density at radius 3 is 2.53 bits per heavy atom. The van der Waals surface area contributed by atoms with E-state index >= 15 is 0 Å². The third kappa shape index (κ3) is 4.88. The Morgan fingerprint density at radius 1 is 1.35 bits per heavy atom. The Labute approximate surface area is 103 Å². The highest BCUT2D eigenvalue weighted by atomic mass is 16.4. The van der Waals surface area contributed by atoms with Gasteiger partial charge in [-0.1, -0.05) is 32.3 Å². The molecular formula is C13H23NO3. The van der Waals surface area contributed by atoms with Crippen LogP contribution in [0, 0.1) is 0 Å². The van der Waals surface area contributed by atoms with Gasteiger partial charge in [-0.15, -0.1) is 0 Å². The highest BCUT2D eigenvalue weighted by Gasteiger charge is 2.28. The van der Waals surface area contributed by atoms with Crippen LogP contribution in [0.15, 0.2) is 11.6 Å². The minimum absolute atomic E-state index is 0.424. The lowest BCUT2D eigenvalue weighted by Crippen LogP contribution is -2.42. The SMILES string of the molecule is CCC(=CCNCC1(O)CCCCC1)C(=O)O. The van der Waals surface area contributed by atoms with Crippen LogP contribution in [0.5, 0.6) is 0 Å². The van der Waals surface area contributed by atoms with Crippen LogP contribution in [0.4, 0.5) is 0 Å². The van der Waals surface area contributed by atoms with E-state index in [4.69, 9.17) is 5.11 Å². The van der Waals surface area contributed by atoms with E-state index in [1.54, 1.807) is 6.08 Å². The zero-order valence-electron chi connectivity index (χ0n) is 10.5. The lowest BCUT2D eigenvalue weighted by atomic mass is 9.85. The summed E-state index contributed by atoms with van der Waals surface area (Å²) in [7, 11) is 0. The van der Waals surface area contributed by atoms with E-state index in [-0.39, 0.29) is 0 Å². The Morgan fingerprint density at radius 2 is 2.00 bits per heavy atom. The molecule has 1 saturated carbocycles. The van der Waals surface area contributed by atoms with Crippen molar-refractivity contribution < 1.29 is 15.0 Å². The van der Waals surface area contributed by atoms with Gasteiger partial charge >= 0.3 is 5.97 Å². The molecule has 1 rings (SSSR count). The second-order valence-corrected chi connectivity index (χ2v) is 4.80. The summed E-state index contributed by atoms with van der Waals surface area (Å²) in [5.74, 6) is -0.856. The van der Waals surface area contributed by atoms with Crippen molar-refractivity contribution in [2.24, 2.45) is 0 Å². The van der Waals surface area contributed by atoms with E-state index in [9.17, 15) is 9.90 Å². The molecule has 0 aromatic heterocycles. The van der Waals surface area contributed by atoms with E-state index in [2.05, 4.69) is 5.32 Å². The predicted molar refractivity (Wildman–Crippen MR) is 66.9 cm³/mol. The summed E-state index contributed by atoms with van der Waals surface area (Å²) in [4.78, 5) is 10.7. The monoisotopic (exact) mass is 241 g/mol. The van der Waals surface area contributed by atoms with Crippen molar-refractivity contribution in [3.63, 3.8) is 0 Å². The van der Waals surface area contributed by atoms with Gasteiger partial charge in [0.15, 0.2) is 0 Å². The molecule has 17 heavy (non-hydrogen) atoms. The van der Waals surface area contributed by atoms with Gasteiger partial charge < -0.3 is 15.5 Å². The van der Waals surface area contributed by atoms with E-state index in [1.807, 2.05) is 6.92 Å². The molecule has 0 amide bonds. The van der Waals surface area contributed by atoms with E-state index in [0.29, 0.717) is 25.1 Å². The molecule has 0 atom stereocenters.